The molecule has 0 radical (unpaired) electrons. The van der Waals surface area contributed by atoms with E-state index in [1.54, 1.807) is 36.4 Å². The zero-order chi connectivity index (χ0) is 20.7. The van der Waals surface area contributed by atoms with E-state index in [0.717, 1.165) is 15.2 Å². The number of hydrogen-bond donors (Lipinski definition) is 1. The van der Waals surface area contributed by atoms with Gasteiger partial charge in [-0.2, -0.15) is 4.80 Å². The van der Waals surface area contributed by atoms with E-state index < -0.39 is 0 Å². The lowest BCUT2D eigenvalue weighted by Crippen LogP contribution is -2.12. The molecule has 5 aromatic rings. The standard InChI is InChI=1S/C23H14BrFN4O/c24-20-6-2-3-17-18(20)4-1-5-19(17)23(30)26-15-9-12-21-22(13-15)28-29(27-21)16-10-7-14(25)8-11-16/h1-13H,(H,26,30). The van der Waals surface area contributed by atoms with Crippen LogP contribution in [0.1, 0.15) is 10.4 Å². The van der Waals surface area contributed by atoms with Crippen molar-refractivity contribution in [3.05, 3.63) is 94.7 Å². The quantitative estimate of drug-likeness (QED) is 0.374. The molecule has 0 spiro atoms. The Morgan fingerprint density at radius 1 is 0.867 bits per heavy atom. The SMILES string of the molecule is O=C(Nc1ccc2nn(-c3ccc(F)cc3)nc2c1)c1cccc2c(Br)cccc12. The highest BCUT2D eigenvalue weighted by Gasteiger charge is 2.13. The number of amides is 1. The van der Waals surface area contributed by atoms with Crippen molar-refractivity contribution in [1.29, 1.82) is 0 Å². The molecular formula is C23H14BrFN4O. The van der Waals surface area contributed by atoms with Crippen LogP contribution < -0.4 is 5.32 Å². The first-order valence-corrected chi connectivity index (χ1v) is 9.99. The van der Waals surface area contributed by atoms with Crippen LogP contribution in [0.5, 0.6) is 0 Å². The molecule has 0 fully saturated rings. The zero-order valence-corrected chi connectivity index (χ0v) is 17.1. The maximum absolute atomic E-state index is 13.1. The number of anilines is 1. The summed E-state index contributed by atoms with van der Waals surface area (Å²) in [6, 6.07) is 22.7. The minimum atomic E-state index is -0.319. The van der Waals surface area contributed by atoms with E-state index in [0.29, 0.717) is 28.0 Å². The van der Waals surface area contributed by atoms with Crippen molar-refractivity contribution in [2.75, 3.05) is 5.32 Å². The van der Waals surface area contributed by atoms with E-state index in [4.69, 9.17) is 0 Å². The fourth-order valence-electron chi connectivity index (χ4n) is 3.35. The van der Waals surface area contributed by atoms with E-state index in [9.17, 15) is 9.18 Å². The number of hydrogen-bond acceptors (Lipinski definition) is 3. The summed E-state index contributed by atoms with van der Waals surface area (Å²) in [7, 11) is 0. The van der Waals surface area contributed by atoms with Crippen LogP contribution in [-0.2, 0) is 0 Å². The maximum atomic E-state index is 13.1. The molecule has 5 rings (SSSR count). The lowest BCUT2D eigenvalue weighted by atomic mass is 10.0. The highest BCUT2D eigenvalue weighted by molar-refractivity contribution is 9.10. The molecule has 1 heterocycles. The zero-order valence-electron chi connectivity index (χ0n) is 15.5. The van der Waals surface area contributed by atoms with Crippen LogP contribution in [0.2, 0.25) is 0 Å². The third kappa shape index (κ3) is 3.33. The molecule has 1 aromatic heterocycles. The smallest absolute Gasteiger partial charge is 0.256 e. The summed E-state index contributed by atoms with van der Waals surface area (Å²) < 4.78 is 14.1. The highest BCUT2D eigenvalue weighted by atomic mass is 79.9. The molecule has 0 atom stereocenters. The van der Waals surface area contributed by atoms with Gasteiger partial charge in [0.05, 0.1) is 5.69 Å². The second-order valence-corrected chi connectivity index (χ2v) is 7.62. The third-order valence-corrected chi connectivity index (χ3v) is 5.50. The average Bonchev–Trinajstić information content (AvgIpc) is 3.17. The minimum Gasteiger partial charge on any atom is -0.322 e. The van der Waals surface area contributed by atoms with Gasteiger partial charge in [0.25, 0.3) is 5.91 Å². The van der Waals surface area contributed by atoms with Gasteiger partial charge in [-0.3, -0.25) is 4.79 Å². The second kappa shape index (κ2) is 7.35. The van der Waals surface area contributed by atoms with Crippen molar-refractivity contribution in [2.24, 2.45) is 0 Å². The van der Waals surface area contributed by atoms with E-state index in [1.807, 2.05) is 30.3 Å². The van der Waals surface area contributed by atoms with Crippen LogP contribution in [0, 0.1) is 5.82 Å². The van der Waals surface area contributed by atoms with Gasteiger partial charge in [-0.1, -0.05) is 40.2 Å². The summed E-state index contributed by atoms with van der Waals surface area (Å²) in [4.78, 5) is 14.4. The van der Waals surface area contributed by atoms with Gasteiger partial charge in [0.2, 0.25) is 0 Å². The highest BCUT2D eigenvalue weighted by Crippen LogP contribution is 2.27. The minimum absolute atomic E-state index is 0.205. The molecule has 30 heavy (non-hydrogen) atoms. The maximum Gasteiger partial charge on any atom is 0.256 e. The van der Waals surface area contributed by atoms with Crippen LogP contribution in [-0.4, -0.2) is 20.9 Å². The monoisotopic (exact) mass is 460 g/mol. The molecule has 1 N–H and O–H groups in total. The first-order chi connectivity index (χ1) is 14.6. The number of benzene rings is 4. The molecular weight excluding hydrogens is 447 g/mol. The summed E-state index contributed by atoms with van der Waals surface area (Å²) in [5.41, 5.74) is 3.15. The molecule has 0 aliphatic heterocycles. The number of carbonyl (C=O) groups excluding carboxylic acids is 1. The first kappa shape index (κ1) is 18.4. The van der Waals surface area contributed by atoms with Gasteiger partial charge in [-0.05, 0) is 65.4 Å². The van der Waals surface area contributed by atoms with Gasteiger partial charge in [-0.15, -0.1) is 10.2 Å². The lowest BCUT2D eigenvalue weighted by molar-refractivity contribution is 0.102. The summed E-state index contributed by atoms with van der Waals surface area (Å²) in [5, 5.41) is 13.6. The Labute approximate surface area is 179 Å². The predicted molar refractivity (Wildman–Crippen MR) is 118 cm³/mol. The molecule has 0 unspecified atom stereocenters. The van der Waals surface area contributed by atoms with Crippen molar-refractivity contribution < 1.29 is 9.18 Å². The van der Waals surface area contributed by atoms with Crippen LogP contribution in [0.15, 0.2) is 83.3 Å². The molecule has 7 heteroatoms. The Morgan fingerprint density at radius 3 is 2.43 bits per heavy atom. The van der Waals surface area contributed by atoms with Gasteiger partial charge in [0.15, 0.2) is 0 Å². The largest absolute Gasteiger partial charge is 0.322 e. The molecule has 4 aromatic carbocycles. The molecule has 0 bridgehead atoms. The molecule has 146 valence electrons. The van der Waals surface area contributed by atoms with Gasteiger partial charge < -0.3 is 5.32 Å². The molecule has 5 nitrogen and oxygen atoms in total. The molecule has 0 aliphatic carbocycles. The second-order valence-electron chi connectivity index (χ2n) is 6.76. The number of nitrogens with zero attached hydrogens (tertiary/aromatic N) is 3. The van der Waals surface area contributed by atoms with Crippen molar-refractivity contribution >= 4 is 49.3 Å². The summed E-state index contributed by atoms with van der Waals surface area (Å²) >= 11 is 3.53. The van der Waals surface area contributed by atoms with Gasteiger partial charge >= 0.3 is 0 Å². The Morgan fingerprint density at radius 2 is 1.60 bits per heavy atom. The number of carbonyl (C=O) groups is 1. The van der Waals surface area contributed by atoms with E-state index >= 15 is 0 Å². The Hall–Kier alpha value is -3.58. The fraction of sp³-hybridized carbons (Fsp3) is 0. The number of halogens is 2. The van der Waals surface area contributed by atoms with Crippen LogP contribution >= 0.6 is 15.9 Å². The fourth-order valence-corrected chi connectivity index (χ4v) is 3.85. The first-order valence-electron chi connectivity index (χ1n) is 9.20. The van der Waals surface area contributed by atoms with E-state index in [-0.39, 0.29) is 11.7 Å². The van der Waals surface area contributed by atoms with Crippen molar-refractivity contribution in [2.45, 2.75) is 0 Å². The number of aromatic nitrogens is 3. The van der Waals surface area contributed by atoms with Crippen LogP contribution in [0.25, 0.3) is 27.5 Å². The Bertz CT molecular complexity index is 1410. The van der Waals surface area contributed by atoms with Crippen LogP contribution in [0.3, 0.4) is 0 Å². The van der Waals surface area contributed by atoms with E-state index in [1.165, 1.54) is 16.9 Å². The Kier molecular flexibility index (Phi) is 4.52. The topological polar surface area (TPSA) is 59.8 Å². The normalized spacial score (nSPS) is 11.1. The van der Waals surface area contributed by atoms with E-state index in [2.05, 4.69) is 31.4 Å². The van der Waals surface area contributed by atoms with Gasteiger partial charge in [-0.25, -0.2) is 4.39 Å². The Balaban J connectivity index is 1.46. The molecule has 0 saturated carbocycles. The summed E-state index contributed by atoms with van der Waals surface area (Å²) in [6.45, 7) is 0. The summed E-state index contributed by atoms with van der Waals surface area (Å²) in [5.74, 6) is -0.523. The third-order valence-electron chi connectivity index (χ3n) is 4.81. The van der Waals surface area contributed by atoms with Crippen molar-refractivity contribution in [3.63, 3.8) is 0 Å². The number of rotatable bonds is 3. The molecule has 1 amide bonds. The van der Waals surface area contributed by atoms with Crippen molar-refractivity contribution in [1.82, 2.24) is 15.0 Å². The summed E-state index contributed by atoms with van der Waals surface area (Å²) in [6.07, 6.45) is 0. The lowest BCUT2D eigenvalue weighted by Gasteiger charge is -2.09. The van der Waals surface area contributed by atoms with Crippen LogP contribution in [0.4, 0.5) is 10.1 Å². The number of nitrogens with one attached hydrogen (secondary N) is 1. The number of fused-ring (bicyclic) bond motifs is 2. The van der Waals surface area contributed by atoms with Crippen molar-refractivity contribution in [3.8, 4) is 5.69 Å². The molecule has 0 aliphatic rings. The van der Waals surface area contributed by atoms with Gasteiger partial charge in [0, 0.05) is 15.7 Å². The molecule has 0 saturated heterocycles. The average molecular weight is 461 g/mol. The predicted octanol–water partition coefficient (Wildman–Crippen LogP) is 5.73. The van der Waals surface area contributed by atoms with Gasteiger partial charge in [0.1, 0.15) is 16.9 Å².